The van der Waals surface area contributed by atoms with Gasteiger partial charge in [0, 0.05) is 24.0 Å². The van der Waals surface area contributed by atoms with E-state index in [1.165, 1.54) is 30.6 Å². The Labute approximate surface area is 167 Å². The third kappa shape index (κ3) is 4.48. The van der Waals surface area contributed by atoms with E-state index in [0.717, 1.165) is 36.9 Å². The fraction of sp³-hybridized carbons (Fsp3) is 0.333. The van der Waals surface area contributed by atoms with Gasteiger partial charge in [0.15, 0.2) is 6.10 Å². The molecule has 1 amide bonds. The number of rotatable bonds is 5. The molecule has 4 rings (SSSR count). The number of aliphatic hydroxyl groups is 1. The number of carbonyl (C=O) groups excluding carboxylic acids is 1. The maximum absolute atomic E-state index is 13.0. The third-order valence-corrected chi connectivity index (χ3v) is 5.33. The second-order valence-electron chi connectivity index (χ2n) is 7.27. The van der Waals surface area contributed by atoms with Crippen LogP contribution in [0.4, 0.5) is 4.39 Å². The number of amides is 1. The Hall–Kier alpha value is -3.13. The van der Waals surface area contributed by atoms with E-state index in [2.05, 4.69) is 20.4 Å². The lowest BCUT2D eigenvalue weighted by Gasteiger charge is -2.29. The minimum absolute atomic E-state index is 0.00532. The normalized spacial score (nSPS) is 20.2. The van der Waals surface area contributed by atoms with Crippen molar-refractivity contribution >= 4 is 5.91 Å². The van der Waals surface area contributed by atoms with Gasteiger partial charge in [-0.25, -0.2) is 14.4 Å². The van der Waals surface area contributed by atoms with Crippen molar-refractivity contribution in [1.82, 2.24) is 25.1 Å². The van der Waals surface area contributed by atoms with Crippen molar-refractivity contribution in [3.63, 3.8) is 0 Å². The number of carbonyl (C=O) groups is 1. The van der Waals surface area contributed by atoms with Crippen molar-refractivity contribution in [3.8, 4) is 11.3 Å². The molecule has 0 bridgehead atoms. The molecular weight excluding hydrogens is 373 g/mol. The molecule has 1 aliphatic carbocycles. The van der Waals surface area contributed by atoms with Crippen LogP contribution >= 0.6 is 0 Å². The van der Waals surface area contributed by atoms with E-state index < -0.39 is 17.8 Å². The molecule has 2 aromatic heterocycles. The molecule has 0 spiro atoms. The van der Waals surface area contributed by atoms with E-state index >= 15 is 0 Å². The zero-order valence-electron chi connectivity index (χ0n) is 15.8. The first-order valence-electron chi connectivity index (χ1n) is 9.64. The average Bonchev–Trinajstić information content (AvgIpc) is 3.25. The smallest absolute Gasteiger partial charge is 0.253 e. The molecule has 1 fully saturated rings. The topological polar surface area (TPSA) is 92.9 Å². The molecule has 8 heteroatoms. The fourth-order valence-electron chi connectivity index (χ4n) is 3.69. The monoisotopic (exact) mass is 395 g/mol. The van der Waals surface area contributed by atoms with Crippen LogP contribution in [0.2, 0.25) is 0 Å². The van der Waals surface area contributed by atoms with Crippen LogP contribution in [0.15, 0.2) is 55.2 Å². The summed E-state index contributed by atoms with van der Waals surface area (Å²) in [5.41, 5.74) is 2.17. The van der Waals surface area contributed by atoms with Gasteiger partial charge in [-0.15, -0.1) is 0 Å². The van der Waals surface area contributed by atoms with Gasteiger partial charge in [-0.1, -0.05) is 12.1 Å². The molecule has 2 N–H and O–H groups in total. The highest BCUT2D eigenvalue weighted by molar-refractivity contribution is 5.82. The van der Waals surface area contributed by atoms with E-state index in [-0.39, 0.29) is 12.1 Å². The molecule has 0 aliphatic heterocycles. The molecule has 150 valence electrons. The van der Waals surface area contributed by atoms with Gasteiger partial charge in [-0.3, -0.25) is 9.48 Å². The van der Waals surface area contributed by atoms with Crippen LogP contribution in [0, 0.1) is 5.82 Å². The standard InChI is InChI=1S/C21H22FN5O2/c22-16-3-1-14(2-4-16)20(28)21(29)26-17-5-7-18(8-6-17)27-12-15(11-25-27)19-9-10-23-13-24-19/h1-4,9-13,17-18,20,28H,5-8H2,(H,26,29). The second-order valence-corrected chi connectivity index (χ2v) is 7.27. The molecular formula is C21H22FN5O2. The van der Waals surface area contributed by atoms with Crippen LogP contribution < -0.4 is 5.32 Å². The molecule has 1 unspecified atom stereocenters. The highest BCUT2D eigenvalue weighted by Gasteiger charge is 2.26. The van der Waals surface area contributed by atoms with E-state index in [1.54, 1.807) is 12.4 Å². The van der Waals surface area contributed by atoms with Crippen LogP contribution in [0.1, 0.15) is 43.4 Å². The van der Waals surface area contributed by atoms with Crippen molar-refractivity contribution in [1.29, 1.82) is 0 Å². The van der Waals surface area contributed by atoms with Gasteiger partial charge in [0.25, 0.3) is 5.91 Å². The van der Waals surface area contributed by atoms with Gasteiger partial charge in [0.05, 0.1) is 17.9 Å². The SMILES string of the molecule is O=C(NC1CCC(n2cc(-c3ccncn3)cn2)CC1)C(O)c1ccc(F)cc1. The van der Waals surface area contributed by atoms with Gasteiger partial charge < -0.3 is 10.4 Å². The first-order chi connectivity index (χ1) is 14.1. The molecule has 1 aromatic carbocycles. The van der Waals surface area contributed by atoms with Gasteiger partial charge in [0.2, 0.25) is 0 Å². The van der Waals surface area contributed by atoms with Crippen LogP contribution in [-0.2, 0) is 4.79 Å². The second kappa shape index (κ2) is 8.48. The highest BCUT2D eigenvalue weighted by atomic mass is 19.1. The minimum Gasteiger partial charge on any atom is -0.378 e. The number of nitrogens with zero attached hydrogens (tertiary/aromatic N) is 4. The number of halogens is 1. The van der Waals surface area contributed by atoms with Crippen LogP contribution in [0.3, 0.4) is 0 Å². The zero-order valence-corrected chi connectivity index (χ0v) is 15.8. The molecule has 0 radical (unpaired) electrons. The van der Waals surface area contributed by atoms with Gasteiger partial charge in [-0.05, 0) is 49.4 Å². The van der Waals surface area contributed by atoms with Crippen molar-refractivity contribution < 1.29 is 14.3 Å². The van der Waals surface area contributed by atoms with Crippen LogP contribution in [0.25, 0.3) is 11.3 Å². The van der Waals surface area contributed by atoms with Crippen LogP contribution in [0.5, 0.6) is 0 Å². The summed E-state index contributed by atoms with van der Waals surface area (Å²) in [5.74, 6) is -0.855. The summed E-state index contributed by atoms with van der Waals surface area (Å²) in [6.45, 7) is 0. The first-order valence-corrected chi connectivity index (χ1v) is 9.64. The lowest BCUT2D eigenvalue weighted by Crippen LogP contribution is -2.40. The van der Waals surface area contributed by atoms with Gasteiger partial charge >= 0.3 is 0 Å². The summed E-state index contributed by atoms with van der Waals surface area (Å²) in [7, 11) is 0. The average molecular weight is 395 g/mol. The largest absolute Gasteiger partial charge is 0.378 e. The third-order valence-electron chi connectivity index (χ3n) is 5.33. The number of nitrogens with one attached hydrogen (secondary N) is 1. The zero-order chi connectivity index (χ0) is 20.2. The molecule has 1 aliphatic rings. The Balaban J connectivity index is 1.31. The van der Waals surface area contributed by atoms with Gasteiger partial charge in [0.1, 0.15) is 12.1 Å². The summed E-state index contributed by atoms with van der Waals surface area (Å²) >= 11 is 0. The van der Waals surface area contributed by atoms with E-state index in [1.807, 2.05) is 16.9 Å². The predicted molar refractivity (Wildman–Crippen MR) is 104 cm³/mol. The summed E-state index contributed by atoms with van der Waals surface area (Å²) in [6, 6.07) is 7.42. The predicted octanol–water partition coefficient (Wildman–Crippen LogP) is 2.81. The fourth-order valence-corrected chi connectivity index (χ4v) is 3.69. The van der Waals surface area contributed by atoms with E-state index in [4.69, 9.17) is 0 Å². The molecule has 1 atom stereocenters. The molecule has 0 saturated heterocycles. The van der Waals surface area contributed by atoms with Crippen molar-refractivity contribution in [2.24, 2.45) is 0 Å². The summed E-state index contributed by atoms with van der Waals surface area (Å²) in [6.07, 6.45) is 9.07. The summed E-state index contributed by atoms with van der Waals surface area (Å²) < 4.78 is 15.0. The highest BCUT2D eigenvalue weighted by Crippen LogP contribution is 2.29. The minimum atomic E-state index is -1.30. The quantitative estimate of drug-likeness (QED) is 0.693. The Morgan fingerprint density at radius 3 is 2.62 bits per heavy atom. The van der Waals surface area contributed by atoms with Crippen LogP contribution in [-0.4, -0.2) is 36.8 Å². The Kier molecular flexibility index (Phi) is 5.62. The molecule has 3 aromatic rings. The van der Waals surface area contributed by atoms with Crippen molar-refractivity contribution in [2.45, 2.75) is 43.9 Å². The van der Waals surface area contributed by atoms with E-state index in [9.17, 15) is 14.3 Å². The lowest BCUT2D eigenvalue weighted by atomic mass is 9.91. The Morgan fingerprint density at radius 2 is 1.93 bits per heavy atom. The van der Waals surface area contributed by atoms with Gasteiger partial charge in [-0.2, -0.15) is 5.10 Å². The first kappa shape index (κ1) is 19.2. The maximum Gasteiger partial charge on any atom is 0.253 e. The number of benzene rings is 1. The van der Waals surface area contributed by atoms with Crippen molar-refractivity contribution in [3.05, 3.63) is 66.6 Å². The molecule has 2 heterocycles. The molecule has 29 heavy (non-hydrogen) atoms. The summed E-state index contributed by atoms with van der Waals surface area (Å²) in [4.78, 5) is 20.5. The Morgan fingerprint density at radius 1 is 1.17 bits per heavy atom. The number of hydrogen-bond acceptors (Lipinski definition) is 5. The Bertz CT molecular complexity index is 953. The van der Waals surface area contributed by atoms with Crippen molar-refractivity contribution in [2.75, 3.05) is 0 Å². The lowest BCUT2D eigenvalue weighted by molar-refractivity contribution is -0.130. The molecule has 1 saturated carbocycles. The van der Waals surface area contributed by atoms with E-state index in [0.29, 0.717) is 5.56 Å². The number of hydrogen-bond donors (Lipinski definition) is 2. The molecule has 7 nitrogen and oxygen atoms in total. The summed E-state index contributed by atoms with van der Waals surface area (Å²) in [5, 5.41) is 17.6. The number of aliphatic hydroxyl groups excluding tert-OH is 1. The number of aromatic nitrogens is 4. The maximum atomic E-state index is 13.0.